The number of nitrogens with one attached hydrogen (secondary N) is 1. The second kappa shape index (κ2) is 7.64. The number of rotatable bonds is 3. The van der Waals surface area contributed by atoms with Crippen molar-refractivity contribution in [2.75, 3.05) is 36.5 Å². The van der Waals surface area contributed by atoms with E-state index in [1.807, 2.05) is 25.3 Å². The van der Waals surface area contributed by atoms with E-state index in [9.17, 15) is 4.79 Å². The summed E-state index contributed by atoms with van der Waals surface area (Å²) >= 11 is 0. The molecule has 0 bridgehead atoms. The number of amides is 1. The number of nitrogens with zero attached hydrogens (tertiary/aromatic N) is 3. The molecule has 6 heteroatoms. The number of aryl methyl sites for hydroxylation is 2. The standard InChI is InChI=1S/C21H26N4O2/c1-14-4-3-5-18(15(14)2)23-20(26)16-6-7-19-17(12-16)13-22-21(24-19)25-8-10-27-11-9-25/h3-5,13,16H,6-12H2,1-2H3,(H,23,26)/t16-/m1/s1. The molecule has 0 spiro atoms. The molecule has 0 radical (unpaired) electrons. The van der Waals surface area contributed by atoms with E-state index in [0.717, 1.165) is 67.6 Å². The first-order chi connectivity index (χ1) is 13.1. The predicted molar refractivity (Wildman–Crippen MR) is 105 cm³/mol. The molecule has 1 N–H and O–H groups in total. The van der Waals surface area contributed by atoms with Crippen LogP contribution in [-0.4, -0.2) is 42.2 Å². The number of hydrogen-bond donors (Lipinski definition) is 1. The number of morpholine rings is 1. The number of ether oxygens (including phenoxy) is 1. The zero-order valence-electron chi connectivity index (χ0n) is 16.0. The third-order valence-corrected chi connectivity index (χ3v) is 5.66. The summed E-state index contributed by atoms with van der Waals surface area (Å²) in [4.78, 5) is 24.3. The van der Waals surface area contributed by atoms with Gasteiger partial charge in [-0.2, -0.15) is 0 Å². The minimum absolute atomic E-state index is 0.0322. The SMILES string of the molecule is Cc1cccc(NC(=O)[C@@H]2CCc3nc(N4CCOCC4)ncc3C2)c1C. The van der Waals surface area contributed by atoms with Crippen LogP contribution in [0.5, 0.6) is 0 Å². The highest BCUT2D eigenvalue weighted by molar-refractivity contribution is 5.93. The molecular formula is C21H26N4O2. The molecule has 1 aromatic heterocycles. The molecule has 142 valence electrons. The van der Waals surface area contributed by atoms with Crippen LogP contribution in [-0.2, 0) is 22.4 Å². The van der Waals surface area contributed by atoms with E-state index in [4.69, 9.17) is 9.72 Å². The third-order valence-electron chi connectivity index (χ3n) is 5.66. The van der Waals surface area contributed by atoms with Crippen molar-refractivity contribution in [1.82, 2.24) is 9.97 Å². The summed E-state index contributed by atoms with van der Waals surface area (Å²) in [6.07, 6.45) is 4.25. The molecule has 6 nitrogen and oxygen atoms in total. The summed E-state index contributed by atoms with van der Waals surface area (Å²) in [5.74, 6) is 0.845. The largest absolute Gasteiger partial charge is 0.378 e. The Hall–Kier alpha value is -2.47. The molecular weight excluding hydrogens is 340 g/mol. The molecule has 1 aliphatic heterocycles. The van der Waals surface area contributed by atoms with Crippen LogP contribution >= 0.6 is 0 Å². The number of aromatic nitrogens is 2. The van der Waals surface area contributed by atoms with Gasteiger partial charge in [0, 0.05) is 36.6 Å². The van der Waals surface area contributed by atoms with E-state index >= 15 is 0 Å². The first-order valence-electron chi connectivity index (χ1n) is 9.66. The maximum absolute atomic E-state index is 12.8. The Morgan fingerprint density at radius 2 is 2.07 bits per heavy atom. The van der Waals surface area contributed by atoms with E-state index in [2.05, 4.69) is 28.2 Å². The summed E-state index contributed by atoms with van der Waals surface area (Å²) in [6, 6.07) is 6.01. The molecule has 27 heavy (non-hydrogen) atoms. The molecule has 1 saturated heterocycles. The number of hydrogen-bond acceptors (Lipinski definition) is 5. The van der Waals surface area contributed by atoms with Crippen molar-refractivity contribution in [3.05, 3.63) is 46.8 Å². The Bertz CT molecular complexity index is 846. The lowest BCUT2D eigenvalue weighted by atomic mass is 9.86. The van der Waals surface area contributed by atoms with Crippen LogP contribution in [0.25, 0.3) is 0 Å². The van der Waals surface area contributed by atoms with Crippen molar-refractivity contribution in [1.29, 1.82) is 0 Å². The number of fused-ring (bicyclic) bond motifs is 1. The highest BCUT2D eigenvalue weighted by atomic mass is 16.5. The fraction of sp³-hybridized carbons (Fsp3) is 0.476. The summed E-state index contributed by atoms with van der Waals surface area (Å²) < 4.78 is 5.40. The molecule has 0 unspecified atom stereocenters. The molecule has 2 aliphatic rings. The Morgan fingerprint density at radius 3 is 2.89 bits per heavy atom. The monoisotopic (exact) mass is 366 g/mol. The van der Waals surface area contributed by atoms with Crippen molar-refractivity contribution in [3.8, 4) is 0 Å². The molecule has 1 atom stereocenters. The van der Waals surface area contributed by atoms with Crippen LogP contribution in [0.2, 0.25) is 0 Å². The van der Waals surface area contributed by atoms with E-state index in [0.29, 0.717) is 6.42 Å². The molecule has 1 aliphatic carbocycles. The number of carbonyl (C=O) groups is 1. The predicted octanol–water partition coefficient (Wildman–Crippen LogP) is 2.67. The molecule has 1 fully saturated rings. The Balaban J connectivity index is 1.45. The van der Waals surface area contributed by atoms with Crippen molar-refractivity contribution < 1.29 is 9.53 Å². The quantitative estimate of drug-likeness (QED) is 0.905. The molecule has 1 amide bonds. The maximum atomic E-state index is 12.8. The molecule has 2 aromatic rings. The van der Waals surface area contributed by atoms with Crippen molar-refractivity contribution >= 4 is 17.5 Å². The zero-order valence-corrected chi connectivity index (χ0v) is 16.0. The van der Waals surface area contributed by atoms with Gasteiger partial charge in [-0.1, -0.05) is 12.1 Å². The van der Waals surface area contributed by atoms with Gasteiger partial charge in [-0.25, -0.2) is 9.97 Å². The van der Waals surface area contributed by atoms with E-state index in [1.165, 1.54) is 5.56 Å². The van der Waals surface area contributed by atoms with Gasteiger partial charge >= 0.3 is 0 Å². The van der Waals surface area contributed by atoms with Gasteiger partial charge in [0.25, 0.3) is 0 Å². The normalized spacial score (nSPS) is 19.5. The van der Waals surface area contributed by atoms with Gasteiger partial charge < -0.3 is 15.0 Å². The van der Waals surface area contributed by atoms with Crippen molar-refractivity contribution in [2.24, 2.45) is 5.92 Å². The second-order valence-electron chi connectivity index (χ2n) is 7.42. The first kappa shape index (κ1) is 17.9. The molecule has 1 aromatic carbocycles. The molecule has 4 rings (SSSR count). The Morgan fingerprint density at radius 1 is 1.26 bits per heavy atom. The smallest absolute Gasteiger partial charge is 0.227 e. The van der Waals surface area contributed by atoms with Gasteiger partial charge in [0.1, 0.15) is 0 Å². The van der Waals surface area contributed by atoms with Crippen LogP contribution in [0.1, 0.15) is 28.8 Å². The average Bonchev–Trinajstić information content (AvgIpc) is 2.71. The number of carbonyl (C=O) groups excluding carboxylic acids is 1. The molecule has 0 saturated carbocycles. The molecule has 2 heterocycles. The number of anilines is 2. The van der Waals surface area contributed by atoms with Crippen LogP contribution in [0, 0.1) is 19.8 Å². The lowest BCUT2D eigenvalue weighted by Gasteiger charge is -2.29. The fourth-order valence-corrected chi connectivity index (χ4v) is 3.76. The lowest BCUT2D eigenvalue weighted by molar-refractivity contribution is -0.120. The zero-order chi connectivity index (χ0) is 18.8. The minimum atomic E-state index is -0.0322. The van der Waals surface area contributed by atoms with Gasteiger partial charge in [0.2, 0.25) is 11.9 Å². The first-order valence-corrected chi connectivity index (χ1v) is 9.66. The van der Waals surface area contributed by atoms with Crippen LogP contribution in [0.4, 0.5) is 11.6 Å². The average molecular weight is 366 g/mol. The van der Waals surface area contributed by atoms with Crippen LogP contribution in [0.15, 0.2) is 24.4 Å². The summed E-state index contributed by atoms with van der Waals surface area (Å²) in [5.41, 5.74) is 5.40. The van der Waals surface area contributed by atoms with Gasteiger partial charge in [-0.15, -0.1) is 0 Å². The van der Waals surface area contributed by atoms with Crippen LogP contribution < -0.4 is 10.2 Å². The van der Waals surface area contributed by atoms with E-state index < -0.39 is 0 Å². The second-order valence-corrected chi connectivity index (χ2v) is 7.42. The van der Waals surface area contributed by atoms with Crippen molar-refractivity contribution in [3.63, 3.8) is 0 Å². The highest BCUT2D eigenvalue weighted by Gasteiger charge is 2.27. The van der Waals surface area contributed by atoms with Gasteiger partial charge in [0.05, 0.1) is 13.2 Å². The maximum Gasteiger partial charge on any atom is 0.227 e. The summed E-state index contributed by atoms with van der Waals surface area (Å²) in [7, 11) is 0. The van der Waals surface area contributed by atoms with Gasteiger partial charge in [0.15, 0.2) is 0 Å². The van der Waals surface area contributed by atoms with Crippen molar-refractivity contribution in [2.45, 2.75) is 33.1 Å². The highest BCUT2D eigenvalue weighted by Crippen LogP contribution is 2.27. The topological polar surface area (TPSA) is 67.4 Å². The summed E-state index contributed by atoms with van der Waals surface area (Å²) in [6.45, 7) is 7.22. The fourth-order valence-electron chi connectivity index (χ4n) is 3.76. The Labute approximate surface area is 160 Å². The summed E-state index contributed by atoms with van der Waals surface area (Å²) in [5, 5.41) is 3.11. The third kappa shape index (κ3) is 3.81. The van der Waals surface area contributed by atoms with E-state index in [-0.39, 0.29) is 11.8 Å². The Kier molecular flexibility index (Phi) is 5.07. The van der Waals surface area contributed by atoms with Crippen LogP contribution in [0.3, 0.4) is 0 Å². The lowest BCUT2D eigenvalue weighted by Crippen LogP contribution is -2.38. The van der Waals surface area contributed by atoms with E-state index in [1.54, 1.807) is 0 Å². The van der Waals surface area contributed by atoms with Gasteiger partial charge in [-0.05, 0) is 55.9 Å². The van der Waals surface area contributed by atoms with Gasteiger partial charge in [-0.3, -0.25) is 4.79 Å². The number of benzene rings is 1. The minimum Gasteiger partial charge on any atom is -0.378 e.